The van der Waals surface area contributed by atoms with Crippen molar-refractivity contribution >= 4 is 5.78 Å². The molecule has 1 aromatic carbocycles. The number of methoxy groups -OCH3 is 1. The van der Waals surface area contributed by atoms with Crippen LogP contribution in [-0.4, -0.2) is 25.5 Å². The van der Waals surface area contributed by atoms with Crippen LogP contribution < -0.4 is 5.73 Å². The Morgan fingerprint density at radius 1 is 1.35 bits per heavy atom. The Morgan fingerprint density at radius 3 is 2.47 bits per heavy atom. The SMILES string of the molecule is COCCC(N)C(=O)Cc1cc(F)cc(F)c1. The third kappa shape index (κ3) is 4.58. The molecule has 0 fully saturated rings. The maximum Gasteiger partial charge on any atom is 0.153 e. The highest BCUT2D eigenvalue weighted by Crippen LogP contribution is 2.10. The van der Waals surface area contributed by atoms with E-state index >= 15 is 0 Å². The van der Waals surface area contributed by atoms with Crippen LogP contribution in [0.2, 0.25) is 0 Å². The monoisotopic (exact) mass is 243 g/mol. The summed E-state index contributed by atoms with van der Waals surface area (Å²) < 4.78 is 30.6. The van der Waals surface area contributed by atoms with Crippen molar-refractivity contribution in [3.05, 3.63) is 35.4 Å². The lowest BCUT2D eigenvalue weighted by Gasteiger charge is -2.09. The summed E-state index contributed by atoms with van der Waals surface area (Å²) in [5.41, 5.74) is 5.90. The van der Waals surface area contributed by atoms with E-state index in [1.54, 1.807) is 0 Å². The van der Waals surface area contributed by atoms with Gasteiger partial charge in [0, 0.05) is 26.2 Å². The second-order valence-corrected chi connectivity index (χ2v) is 3.81. The van der Waals surface area contributed by atoms with Crippen molar-refractivity contribution in [2.24, 2.45) is 5.73 Å². The van der Waals surface area contributed by atoms with Crippen LogP contribution in [0.4, 0.5) is 8.78 Å². The Balaban J connectivity index is 2.61. The van der Waals surface area contributed by atoms with E-state index in [2.05, 4.69) is 0 Å². The second kappa shape index (κ2) is 6.42. The van der Waals surface area contributed by atoms with E-state index in [1.165, 1.54) is 7.11 Å². The number of ether oxygens (including phenoxy) is 1. The van der Waals surface area contributed by atoms with Gasteiger partial charge in [0.15, 0.2) is 5.78 Å². The molecule has 1 unspecified atom stereocenters. The van der Waals surface area contributed by atoms with Gasteiger partial charge in [0.25, 0.3) is 0 Å². The van der Waals surface area contributed by atoms with Crippen molar-refractivity contribution in [3.8, 4) is 0 Å². The number of nitrogens with two attached hydrogens (primary N) is 1. The summed E-state index contributed by atoms with van der Waals surface area (Å²) in [6, 6.07) is 2.36. The number of carbonyl (C=O) groups is 1. The molecule has 0 heterocycles. The van der Waals surface area contributed by atoms with Crippen LogP contribution >= 0.6 is 0 Å². The molecule has 0 radical (unpaired) electrons. The highest BCUT2D eigenvalue weighted by atomic mass is 19.1. The summed E-state index contributed by atoms with van der Waals surface area (Å²) in [4.78, 5) is 11.6. The van der Waals surface area contributed by atoms with E-state index in [0.29, 0.717) is 18.6 Å². The first kappa shape index (κ1) is 13.7. The number of carbonyl (C=O) groups excluding carboxylic acids is 1. The predicted molar refractivity (Wildman–Crippen MR) is 59.5 cm³/mol. The molecule has 17 heavy (non-hydrogen) atoms. The van der Waals surface area contributed by atoms with Gasteiger partial charge in [-0.1, -0.05) is 0 Å². The molecular weight excluding hydrogens is 228 g/mol. The summed E-state index contributed by atoms with van der Waals surface area (Å²) in [6.07, 6.45) is 0.326. The minimum Gasteiger partial charge on any atom is -0.385 e. The normalized spacial score (nSPS) is 12.5. The van der Waals surface area contributed by atoms with Gasteiger partial charge in [-0.3, -0.25) is 4.79 Å². The number of benzene rings is 1. The van der Waals surface area contributed by atoms with Gasteiger partial charge in [-0.05, 0) is 24.1 Å². The zero-order chi connectivity index (χ0) is 12.8. The Labute approximate surface area is 98.6 Å². The molecule has 0 spiro atoms. The van der Waals surface area contributed by atoms with Crippen molar-refractivity contribution in [2.45, 2.75) is 18.9 Å². The molecule has 3 nitrogen and oxygen atoms in total. The zero-order valence-electron chi connectivity index (χ0n) is 9.58. The third-order valence-corrected chi connectivity index (χ3v) is 2.35. The number of Topliss-reactive ketones (excluding diaryl/α,β-unsaturated/α-hetero) is 1. The van der Waals surface area contributed by atoms with Crippen molar-refractivity contribution in [1.82, 2.24) is 0 Å². The van der Waals surface area contributed by atoms with Gasteiger partial charge in [0.05, 0.1) is 6.04 Å². The first-order valence-corrected chi connectivity index (χ1v) is 5.25. The molecule has 1 atom stereocenters. The van der Waals surface area contributed by atoms with Gasteiger partial charge in [0.1, 0.15) is 11.6 Å². The van der Waals surface area contributed by atoms with Crippen molar-refractivity contribution in [1.29, 1.82) is 0 Å². The van der Waals surface area contributed by atoms with Gasteiger partial charge >= 0.3 is 0 Å². The molecule has 5 heteroatoms. The van der Waals surface area contributed by atoms with E-state index in [-0.39, 0.29) is 12.2 Å². The summed E-state index contributed by atoms with van der Waals surface area (Å²) in [5.74, 6) is -1.65. The van der Waals surface area contributed by atoms with Gasteiger partial charge < -0.3 is 10.5 Å². The molecule has 0 bridgehead atoms. The smallest absolute Gasteiger partial charge is 0.153 e. The average molecular weight is 243 g/mol. The lowest BCUT2D eigenvalue weighted by Crippen LogP contribution is -2.32. The summed E-state index contributed by atoms with van der Waals surface area (Å²) in [7, 11) is 1.51. The fourth-order valence-electron chi connectivity index (χ4n) is 1.45. The molecule has 2 N–H and O–H groups in total. The third-order valence-electron chi connectivity index (χ3n) is 2.35. The number of hydrogen-bond donors (Lipinski definition) is 1. The van der Waals surface area contributed by atoms with Crippen LogP contribution in [0.3, 0.4) is 0 Å². The van der Waals surface area contributed by atoms with E-state index in [4.69, 9.17) is 10.5 Å². The van der Waals surface area contributed by atoms with Gasteiger partial charge in [-0.15, -0.1) is 0 Å². The molecule has 0 aliphatic carbocycles. The van der Waals surface area contributed by atoms with Crippen LogP contribution in [0.25, 0.3) is 0 Å². The van der Waals surface area contributed by atoms with Crippen LogP contribution in [0, 0.1) is 11.6 Å². The molecule has 0 aliphatic rings. The maximum absolute atomic E-state index is 12.9. The Bertz CT molecular complexity index is 376. The largest absolute Gasteiger partial charge is 0.385 e. The fraction of sp³-hybridized carbons (Fsp3) is 0.417. The van der Waals surface area contributed by atoms with Gasteiger partial charge in [-0.25, -0.2) is 8.78 Å². The molecule has 0 aromatic heterocycles. The molecular formula is C12H15F2NO2. The van der Waals surface area contributed by atoms with Crippen LogP contribution in [0.15, 0.2) is 18.2 Å². The van der Waals surface area contributed by atoms with Crippen LogP contribution in [0.1, 0.15) is 12.0 Å². The molecule has 94 valence electrons. The predicted octanol–water partition coefficient (Wildman–Crippen LogP) is 1.44. The van der Waals surface area contributed by atoms with Crippen molar-refractivity contribution in [2.75, 3.05) is 13.7 Å². The quantitative estimate of drug-likeness (QED) is 0.822. The van der Waals surface area contributed by atoms with E-state index in [1.807, 2.05) is 0 Å². The number of ketones is 1. The van der Waals surface area contributed by atoms with Gasteiger partial charge in [-0.2, -0.15) is 0 Å². The summed E-state index contributed by atoms with van der Waals surface area (Å²) in [6.45, 7) is 0.379. The Hall–Kier alpha value is -1.33. The summed E-state index contributed by atoms with van der Waals surface area (Å²) >= 11 is 0. The van der Waals surface area contributed by atoms with Crippen molar-refractivity contribution in [3.63, 3.8) is 0 Å². The Morgan fingerprint density at radius 2 is 1.94 bits per heavy atom. The lowest BCUT2D eigenvalue weighted by atomic mass is 10.0. The molecule has 0 saturated carbocycles. The average Bonchev–Trinajstić information content (AvgIpc) is 2.24. The highest BCUT2D eigenvalue weighted by Gasteiger charge is 2.14. The standard InChI is InChI=1S/C12H15F2NO2/c1-17-3-2-11(15)12(16)6-8-4-9(13)7-10(14)5-8/h4-5,7,11H,2-3,6,15H2,1H3. The first-order chi connectivity index (χ1) is 8.02. The molecule has 1 aromatic rings. The molecule has 1 rings (SSSR count). The molecule has 0 saturated heterocycles. The minimum absolute atomic E-state index is 0.0699. The van der Waals surface area contributed by atoms with E-state index in [0.717, 1.165) is 18.2 Å². The topological polar surface area (TPSA) is 52.3 Å². The van der Waals surface area contributed by atoms with Crippen LogP contribution in [-0.2, 0) is 16.0 Å². The van der Waals surface area contributed by atoms with Crippen LogP contribution in [0.5, 0.6) is 0 Å². The Kier molecular flexibility index (Phi) is 5.18. The molecule has 0 aliphatic heterocycles. The van der Waals surface area contributed by atoms with Gasteiger partial charge in [0.2, 0.25) is 0 Å². The van der Waals surface area contributed by atoms with E-state index in [9.17, 15) is 13.6 Å². The zero-order valence-corrected chi connectivity index (χ0v) is 9.58. The van der Waals surface area contributed by atoms with E-state index < -0.39 is 17.7 Å². The maximum atomic E-state index is 12.9. The first-order valence-electron chi connectivity index (χ1n) is 5.25. The number of halogens is 2. The summed E-state index contributed by atoms with van der Waals surface area (Å²) in [5, 5.41) is 0. The van der Waals surface area contributed by atoms with Crippen molar-refractivity contribution < 1.29 is 18.3 Å². The molecule has 0 amide bonds. The minimum atomic E-state index is -0.696. The lowest BCUT2D eigenvalue weighted by molar-refractivity contribution is -0.120. The fourth-order valence-corrected chi connectivity index (χ4v) is 1.45. The number of hydrogen-bond acceptors (Lipinski definition) is 3. The number of rotatable bonds is 6. The second-order valence-electron chi connectivity index (χ2n) is 3.81. The highest BCUT2D eigenvalue weighted by molar-refractivity contribution is 5.85.